The van der Waals surface area contributed by atoms with Gasteiger partial charge in [-0.2, -0.15) is 0 Å². The first-order valence-electron chi connectivity index (χ1n) is 6.97. The molecule has 0 unspecified atom stereocenters. The van der Waals surface area contributed by atoms with Crippen LogP contribution in [-0.4, -0.2) is 40.0 Å². The smallest absolute Gasteiger partial charge is 0.320 e. The summed E-state index contributed by atoms with van der Waals surface area (Å²) in [6.45, 7) is 0.562. The molecule has 0 aliphatic heterocycles. The number of fused-ring (bicyclic) bond motifs is 1. The van der Waals surface area contributed by atoms with Crippen molar-refractivity contribution in [3.8, 4) is 5.88 Å². The molecule has 1 aromatic heterocycles. The van der Waals surface area contributed by atoms with Crippen LogP contribution in [0.25, 0.3) is 10.9 Å². The van der Waals surface area contributed by atoms with Crippen molar-refractivity contribution in [3.63, 3.8) is 0 Å². The van der Waals surface area contributed by atoms with Crippen molar-refractivity contribution in [1.29, 1.82) is 0 Å². The predicted octanol–water partition coefficient (Wildman–Crippen LogP) is 3.06. The van der Waals surface area contributed by atoms with Gasteiger partial charge in [-0.15, -0.1) is 12.4 Å². The maximum atomic E-state index is 10.6. The number of nitrogens with zero attached hydrogens (tertiary/aromatic N) is 1. The van der Waals surface area contributed by atoms with Gasteiger partial charge in [-0.1, -0.05) is 15.9 Å². The first-order valence-corrected chi connectivity index (χ1v) is 7.76. The molecule has 0 spiro atoms. The van der Waals surface area contributed by atoms with E-state index < -0.39 is 12.0 Å². The number of aliphatic imine (C=N–C) groups is 1. The van der Waals surface area contributed by atoms with Crippen LogP contribution < -0.4 is 5.73 Å². The standard InChI is InChI=1S/C15H18BrN3O3.ClH/c16-9-4-5-13-10(7-9)11(14(20)19-13)8-18-6-2-1-3-12(17)15(21)22;/h4-5,7-8,12,19-20H,1-3,6,17H2,(H,21,22);1H/t12-;/m0./s1. The highest BCUT2D eigenvalue weighted by molar-refractivity contribution is 9.10. The molecule has 126 valence electrons. The van der Waals surface area contributed by atoms with Gasteiger partial charge in [0.15, 0.2) is 5.88 Å². The van der Waals surface area contributed by atoms with Gasteiger partial charge in [-0.25, -0.2) is 0 Å². The number of benzene rings is 1. The van der Waals surface area contributed by atoms with Gasteiger partial charge in [0, 0.05) is 28.1 Å². The van der Waals surface area contributed by atoms with E-state index in [1.807, 2.05) is 18.2 Å². The zero-order chi connectivity index (χ0) is 16.1. The second-order valence-corrected chi connectivity index (χ2v) is 5.97. The number of H-pyrrole nitrogens is 1. The molecule has 2 rings (SSSR count). The van der Waals surface area contributed by atoms with E-state index in [1.54, 1.807) is 6.21 Å². The molecule has 1 aromatic carbocycles. The highest BCUT2D eigenvalue weighted by Gasteiger charge is 2.10. The second-order valence-electron chi connectivity index (χ2n) is 5.05. The maximum absolute atomic E-state index is 10.6. The van der Waals surface area contributed by atoms with Crippen molar-refractivity contribution in [3.05, 3.63) is 28.2 Å². The number of nitrogens with two attached hydrogens (primary N) is 1. The number of rotatable bonds is 7. The molecule has 1 heterocycles. The van der Waals surface area contributed by atoms with E-state index in [4.69, 9.17) is 10.8 Å². The first kappa shape index (κ1) is 19.5. The zero-order valence-corrected chi connectivity index (χ0v) is 14.7. The minimum atomic E-state index is -0.974. The number of hydrogen-bond donors (Lipinski definition) is 4. The molecule has 0 amide bonds. The molecule has 0 bridgehead atoms. The van der Waals surface area contributed by atoms with Crippen molar-refractivity contribution in [2.75, 3.05) is 6.54 Å². The number of hydrogen-bond acceptors (Lipinski definition) is 4. The minimum absolute atomic E-state index is 0. The number of halogens is 2. The lowest BCUT2D eigenvalue weighted by Gasteiger charge is -2.04. The summed E-state index contributed by atoms with van der Waals surface area (Å²) in [5, 5.41) is 19.5. The van der Waals surface area contributed by atoms with Gasteiger partial charge in [0.25, 0.3) is 0 Å². The number of aromatic nitrogens is 1. The van der Waals surface area contributed by atoms with Crippen molar-refractivity contribution >= 4 is 51.4 Å². The Bertz CT molecular complexity index is 703. The quantitative estimate of drug-likeness (QED) is 0.420. The van der Waals surface area contributed by atoms with E-state index in [1.165, 1.54) is 0 Å². The fourth-order valence-corrected chi connectivity index (χ4v) is 2.51. The van der Waals surface area contributed by atoms with E-state index in [-0.39, 0.29) is 18.3 Å². The molecular weight excluding hydrogens is 386 g/mol. The topological polar surface area (TPSA) is 112 Å². The molecule has 0 radical (unpaired) electrons. The number of carbonyl (C=O) groups is 1. The molecule has 1 atom stereocenters. The van der Waals surface area contributed by atoms with Gasteiger partial charge in [-0.05, 0) is 37.5 Å². The van der Waals surface area contributed by atoms with Gasteiger partial charge < -0.3 is 20.9 Å². The summed E-state index contributed by atoms with van der Waals surface area (Å²) in [5.74, 6) is -0.887. The number of unbranched alkanes of at least 4 members (excludes halogenated alkanes) is 1. The second kappa shape index (κ2) is 8.90. The number of aliphatic carboxylic acids is 1. The third-order valence-corrected chi connectivity index (χ3v) is 3.86. The largest absolute Gasteiger partial charge is 0.494 e. The zero-order valence-electron chi connectivity index (χ0n) is 12.3. The number of aromatic hydroxyl groups is 1. The number of aromatic amines is 1. The van der Waals surface area contributed by atoms with Crippen molar-refractivity contribution in [2.45, 2.75) is 25.3 Å². The van der Waals surface area contributed by atoms with Crippen LogP contribution in [0, 0.1) is 0 Å². The van der Waals surface area contributed by atoms with E-state index in [0.29, 0.717) is 24.9 Å². The van der Waals surface area contributed by atoms with Crippen molar-refractivity contribution in [1.82, 2.24) is 4.98 Å². The lowest BCUT2D eigenvalue weighted by molar-refractivity contribution is -0.138. The Morgan fingerprint density at radius 2 is 2.17 bits per heavy atom. The molecule has 2 aromatic rings. The maximum Gasteiger partial charge on any atom is 0.320 e. The highest BCUT2D eigenvalue weighted by Crippen LogP contribution is 2.28. The van der Waals surface area contributed by atoms with Crippen molar-refractivity contribution < 1.29 is 15.0 Å². The number of nitrogens with one attached hydrogen (secondary N) is 1. The molecule has 6 nitrogen and oxygen atoms in total. The average Bonchev–Trinajstić information content (AvgIpc) is 2.77. The summed E-state index contributed by atoms with van der Waals surface area (Å²) in [6, 6.07) is 4.88. The van der Waals surface area contributed by atoms with Crippen LogP contribution in [0.3, 0.4) is 0 Å². The molecular formula is C15H19BrClN3O3. The highest BCUT2D eigenvalue weighted by atomic mass is 79.9. The van der Waals surface area contributed by atoms with Gasteiger partial charge in [0.2, 0.25) is 0 Å². The Labute approximate surface area is 148 Å². The molecule has 0 fully saturated rings. The third kappa shape index (κ3) is 5.23. The van der Waals surface area contributed by atoms with E-state index >= 15 is 0 Å². The summed E-state index contributed by atoms with van der Waals surface area (Å²) in [5.41, 5.74) is 6.92. The van der Waals surface area contributed by atoms with E-state index in [2.05, 4.69) is 25.9 Å². The van der Waals surface area contributed by atoms with Crippen LogP contribution in [0.5, 0.6) is 5.88 Å². The average molecular weight is 405 g/mol. The Morgan fingerprint density at radius 1 is 1.43 bits per heavy atom. The van der Waals surface area contributed by atoms with E-state index in [0.717, 1.165) is 21.8 Å². The van der Waals surface area contributed by atoms with Crippen LogP contribution in [0.4, 0.5) is 0 Å². The summed E-state index contributed by atoms with van der Waals surface area (Å²) in [4.78, 5) is 17.8. The monoisotopic (exact) mass is 403 g/mol. The lowest BCUT2D eigenvalue weighted by atomic mass is 10.1. The number of carboxylic acids is 1. The van der Waals surface area contributed by atoms with Gasteiger partial charge >= 0.3 is 5.97 Å². The minimum Gasteiger partial charge on any atom is -0.494 e. The summed E-state index contributed by atoms with van der Waals surface area (Å²) in [7, 11) is 0. The van der Waals surface area contributed by atoms with Crippen LogP contribution in [0.1, 0.15) is 24.8 Å². The van der Waals surface area contributed by atoms with Crippen LogP contribution in [0.15, 0.2) is 27.7 Å². The van der Waals surface area contributed by atoms with Crippen LogP contribution >= 0.6 is 28.3 Å². The molecule has 8 heteroatoms. The fraction of sp³-hybridized carbons (Fsp3) is 0.333. The summed E-state index contributed by atoms with van der Waals surface area (Å²) < 4.78 is 0.927. The van der Waals surface area contributed by atoms with Crippen LogP contribution in [-0.2, 0) is 4.79 Å². The Balaban J connectivity index is 0.00000264. The predicted molar refractivity (Wildman–Crippen MR) is 96.8 cm³/mol. The van der Waals surface area contributed by atoms with Gasteiger partial charge in [-0.3, -0.25) is 9.79 Å². The van der Waals surface area contributed by atoms with Gasteiger partial charge in [0.1, 0.15) is 6.04 Å². The number of carboxylic acid groups (broad SMARTS) is 1. The summed E-state index contributed by atoms with van der Waals surface area (Å²) >= 11 is 3.40. The lowest BCUT2D eigenvalue weighted by Crippen LogP contribution is -2.29. The molecule has 0 saturated heterocycles. The SMILES string of the molecule is Cl.N[C@@H](CCCCN=Cc1c(O)[nH]c2ccc(Br)cc12)C(=O)O. The molecule has 0 aliphatic carbocycles. The Hall–Kier alpha value is -1.57. The molecule has 0 saturated carbocycles. The first-order chi connectivity index (χ1) is 10.5. The fourth-order valence-electron chi connectivity index (χ4n) is 2.15. The Morgan fingerprint density at radius 3 is 2.87 bits per heavy atom. The molecule has 23 heavy (non-hydrogen) atoms. The molecule has 5 N–H and O–H groups in total. The Kier molecular flexibility index (Phi) is 7.54. The summed E-state index contributed by atoms with van der Waals surface area (Å²) in [6.07, 6.45) is 3.54. The van der Waals surface area contributed by atoms with E-state index in [9.17, 15) is 9.90 Å². The van der Waals surface area contributed by atoms with Crippen molar-refractivity contribution in [2.24, 2.45) is 10.7 Å². The molecule has 0 aliphatic rings. The third-order valence-electron chi connectivity index (χ3n) is 3.37. The van der Waals surface area contributed by atoms with Gasteiger partial charge in [0.05, 0.1) is 5.56 Å². The normalized spacial score (nSPS) is 12.4. The van der Waals surface area contributed by atoms with Crippen LogP contribution in [0.2, 0.25) is 0 Å².